The van der Waals surface area contributed by atoms with Crippen LogP contribution in [0.1, 0.15) is 35.1 Å². The Kier molecular flexibility index (Phi) is 2.85. The third kappa shape index (κ3) is 1.70. The molecule has 0 saturated heterocycles. The van der Waals surface area contributed by atoms with Gasteiger partial charge in [0.25, 0.3) is 0 Å². The van der Waals surface area contributed by atoms with Gasteiger partial charge in [0.2, 0.25) is 0 Å². The van der Waals surface area contributed by atoms with Gasteiger partial charge in [-0.25, -0.2) is 0 Å². The van der Waals surface area contributed by atoms with Crippen LogP contribution in [0.5, 0.6) is 0 Å². The van der Waals surface area contributed by atoms with Crippen molar-refractivity contribution in [1.82, 2.24) is 4.90 Å². The van der Waals surface area contributed by atoms with Crippen molar-refractivity contribution >= 4 is 0 Å². The molecule has 15 heavy (non-hydrogen) atoms. The number of fused-ring (bicyclic) bond motifs is 1. The topological polar surface area (TPSA) is 42.4 Å². The van der Waals surface area contributed by atoms with Crippen LogP contribution in [-0.4, -0.2) is 25.0 Å². The molecule has 0 spiro atoms. The lowest BCUT2D eigenvalue weighted by Crippen LogP contribution is -2.33. The minimum absolute atomic E-state index is 0.455. The van der Waals surface area contributed by atoms with Gasteiger partial charge in [-0.15, -0.1) is 0 Å². The number of furan rings is 1. The van der Waals surface area contributed by atoms with E-state index in [0.29, 0.717) is 6.04 Å². The molecule has 2 N–H and O–H groups in total. The molecular formula is C12H20N2O. The first kappa shape index (κ1) is 10.7. The molecule has 0 amide bonds. The average Bonchev–Trinajstić information content (AvgIpc) is 2.47. The molecule has 1 aliphatic heterocycles. The average molecular weight is 208 g/mol. The van der Waals surface area contributed by atoms with E-state index in [1.54, 1.807) is 0 Å². The van der Waals surface area contributed by atoms with E-state index < -0.39 is 0 Å². The van der Waals surface area contributed by atoms with Gasteiger partial charge >= 0.3 is 0 Å². The lowest BCUT2D eigenvalue weighted by atomic mass is 9.92. The number of hydrogen-bond acceptors (Lipinski definition) is 3. The maximum atomic E-state index is 5.72. The monoisotopic (exact) mass is 208 g/mol. The zero-order valence-electron chi connectivity index (χ0n) is 9.84. The highest BCUT2D eigenvalue weighted by atomic mass is 16.3. The highest BCUT2D eigenvalue weighted by Crippen LogP contribution is 2.36. The third-order valence-electron chi connectivity index (χ3n) is 3.46. The molecular weight excluding hydrogens is 188 g/mol. The molecule has 1 unspecified atom stereocenters. The molecule has 1 aromatic rings. The zero-order valence-corrected chi connectivity index (χ0v) is 9.84. The molecule has 1 aliphatic rings. The minimum atomic E-state index is 0.455. The summed E-state index contributed by atoms with van der Waals surface area (Å²) >= 11 is 0. The fourth-order valence-electron chi connectivity index (χ4n) is 2.68. The summed E-state index contributed by atoms with van der Waals surface area (Å²) in [5.41, 5.74) is 8.49. The van der Waals surface area contributed by atoms with Crippen LogP contribution in [-0.2, 0) is 6.42 Å². The van der Waals surface area contributed by atoms with Gasteiger partial charge in [0.1, 0.15) is 11.5 Å². The number of nitrogens with zero attached hydrogens (tertiary/aromatic N) is 1. The molecule has 2 heterocycles. The standard InChI is InChI=1S/C12H20N2O/c1-8-10-5-7-14(3)11(4-6-13)12(10)9(2)15-8/h11H,4-7,13H2,1-3H3. The largest absolute Gasteiger partial charge is 0.466 e. The van der Waals surface area contributed by atoms with E-state index in [9.17, 15) is 0 Å². The summed E-state index contributed by atoms with van der Waals surface area (Å²) in [5, 5.41) is 0. The van der Waals surface area contributed by atoms with Crippen LogP contribution >= 0.6 is 0 Å². The lowest BCUT2D eigenvalue weighted by Gasteiger charge is -2.32. The van der Waals surface area contributed by atoms with Crippen molar-refractivity contribution in [2.24, 2.45) is 5.73 Å². The predicted octanol–water partition coefficient (Wildman–Crippen LogP) is 1.77. The normalized spacial score (nSPS) is 21.7. The van der Waals surface area contributed by atoms with Crippen LogP contribution in [0.4, 0.5) is 0 Å². The first-order valence-electron chi connectivity index (χ1n) is 5.64. The number of hydrogen-bond donors (Lipinski definition) is 1. The second-order valence-electron chi connectivity index (χ2n) is 4.43. The molecule has 2 rings (SSSR count). The van der Waals surface area contributed by atoms with Crippen LogP contribution in [0.2, 0.25) is 0 Å². The van der Waals surface area contributed by atoms with Gasteiger partial charge in [-0.1, -0.05) is 0 Å². The van der Waals surface area contributed by atoms with Crippen molar-refractivity contribution in [3.63, 3.8) is 0 Å². The van der Waals surface area contributed by atoms with E-state index in [-0.39, 0.29) is 0 Å². The van der Waals surface area contributed by atoms with Gasteiger partial charge in [0.15, 0.2) is 0 Å². The number of likely N-dealkylation sites (N-methyl/N-ethyl adjacent to an activating group) is 1. The van der Waals surface area contributed by atoms with Crippen molar-refractivity contribution in [3.8, 4) is 0 Å². The summed E-state index contributed by atoms with van der Waals surface area (Å²) in [6, 6.07) is 0.455. The molecule has 0 radical (unpaired) electrons. The fraction of sp³-hybridized carbons (Fsp3) is 0.667. The third-order valence-corrected chi connectivity index (χ3v) is 3.46. The Labute approximate surface area is 91.2 Å². The van der Waals surface area contributed by atoms with Crippen molar-refractivity contribution in [3.05, 3.63) is 22.6 Å². The Morgan fingerprint density at radius 3 is 2.80 bits per heavy atom. The maximum Gasteiger partial charge on any atom is 0.106 e. The Balaban J connectivity index is 2.42. The van der Waals surface area contributed by atoms with Crippen molar-refractivity contribution in [2.45, 2.75) is 32.7 Å². The summed E-state index contributed by atoms with van der Waals surface area (Å²) in [6.45, 7) is 5.97. The Bertz CT molecular complexity index is 357. The molecule has 84 valence electrons. The van der Waals surface area contributed by atoms with E-state index in [1.807, 2.05) is 0 Å². The van der Waals surface area contributed by atoms with Gasteiger partial charge in [-0.2, -0.15) is 0 Å². The van der Waals surface area contributed by atoms with E-state index in [1.165, 1.54) is 11.1 Å². The Morgan fingerprint density at radius 1 is 1.40 bits per heavy atom. The van der Waals surface area contributed by atoms with Gasteiger partial charge < -0.3 is 10.2 Å². The lowest BCUT2D eigenvalue weighted by molar-refractivity contribution is 0.221. The van der Waals surface area contributed by atoms with Gasteiger partial charge in [0.05, 0.1) is 0 Å². The van der Waals surface area contributed by atoms with Crippen LogP contribution in [0.3, 0.4) is 0 Å². The number of rotatable bonds is 2. The summed E-state index contributed by atoms with van der Waals surface area (Å²) in [5.74, 6) is 2.17. The fourth-order valence-corrected chi connectivity index (χ4v) is 2.68. The second-order valence-corrected chi connectivity index (χ2v) is 4.43. The Hall–Kier alpha value is -0.800. The Morgan fingerprint density at radius 2 is 2.13 bits per heavy atom. The summed E-state index contributed by atoms with van der Waals surface area (Å²) in [4.78, 5) is 2.39. The van der Waals surface area contributed by atoms with Gasteiger partial charge in [0, 0.05) is 18.2 Å². The van der Waals surface area contributed by atoms with Crippen LogP contribution in [0.25, 0.3) is 0 Å². The molecule has 1 aromatic heterocycles. The summed E-state index contributed by atoms with van der Waals surface area (Å²) < 4.78 is 5.72. The highest BCUT2D eigenvalue weighted by Gasteiger charge is 2.29. The van der Waals surface area contributed by atoms with E-state index >= 15 is 0 Å². The maximum absolute atomic E-state index is 5.72. The quantitative estimate of drug-likeness (QED) is 0.805. The highest BCUT2D eigenvalue weighted by molar-refractivity contribution is 5.37. The van der Waals surface area contributed by atoms with Crippen LogP contribution < -0.4 is 5.73 Å². The zero-order chi connectivity index (χ0) is 11.0. The van der Waals surface area contributed by atoms with Gasteiger partial charge in [-0.3, -0.25) is 4.90 Å². The molecule has 3 heteroatoms. The first-order chi connectivity index (χ1) is 7.15. The van der Waals surface area contributed by atoms with E-state index in [0.717, 1.165) is 37.5 Å². The molecule has 0 bridgehead atoms. The van der Waals surface area contributed by atoms with E-state index in [4.69, 9.17) is 10.2 Å². The number of nitrogens with two attached hydrogens (primary N) is 1. The SMILES string of the molecule is Cc1oc(C)c2c1CCN(C)C2CCN. The van der Waals surface area contributed by atoms with Crippen molar-refractivity contribution in [1.29, 1.82) is 0 Å². The predicted molar refractivity (Wildman–Crippen MR) is 60.9 cm³/mol. The first-order valence-corrected chi connectivity index (χ1v) is 5.64. The summed E-state index contributed by atoms with van der Waals surface area (Å²) in [7, 11) is 2.17. The number of aryl methyl sites for hydroxylation is 2. The molecule has 0 aliphatic carbocycles. The second kappa shape index (κ2) is 3.99. The molecule has 0 aromatic carbocycles. The van der Waals surface area contributed by atoms with Crippen LogP contribution in [0.15, 0.2) is 4.42 Å². The minimum Gasteiger partial charge on any atom is -0.466 e. The van der Waals surface area contributed by atoms with Crippen LogP contribution in [0, 0.1) is 13.8 Å². The summed E-state index contributed by atoms with van der Waals surface area (Å²) in [6.07, 6.45) is 2.12. The molecule has 1 atom stereocenters. The van der Waals surface area contributed by atoms with Gasteiger partial charge in [-0.05, 0) is 45.8 Å². The smallest absolute Gasteiger partial charge is 0.106 e. The van der Waals surface area contributed by atoms with Crippen molar-refractivity contribution in [2.75, 3.05) is 20.1 Å². The molecule has 0 fully saturated rings. The molecule has 3 nitrogen and oxygen atoms in total. The molecule has 0 saturated carbocycles. The van der Waals surface area contributed by atoms with Crippen molar-refractivity contribution < 1.29 is 4.42 Å². The van der Waals surface area contributed by atoms with E-state index in [2.05, 4.69) is 25.8 Å².